The Morgan fingerprint density at radius 1 is 1.00 bits per heavy atom. The van der Waals surface area contributed by atoms with Crippen molar-refractivity contribution >= 4 is 17.9 Å². The van der Waals surface area contributed by atoms with Gasteiger partial charge in [-0.15, -0.1) is 0 Å². The minimum Gasteiger partial charge on any atom is -0.497 e. The maximum atomic E-state index is 12.8. The number of fused-ring (bicyclic) bond motifs is 1. The van der Waals surface area contributed by atoms with Gasteiger partial charge in [-0.1, -0.05) is 12.1 Å². The van der Waals surface area contributed by atoms with E-state index < -0.39 is 0 Å². The first-order chi connectivity index (χ1) is 17.5. The summed E-state index contributed by atoms with van der Waals surface area (Å²) in [5, 5.41) is 3.16. The standard InChI is InChI=1S/C28H35N3O5/c1-34-24-6-4-20(5-7-24)19-30-12-9-23(10-13-30)29-27(32)11-15-31-14-8-21-16-25(35-2)26(36-3)17-22(21)18-28(31)33/h4-8,14,16-17,23H,9-13,15,18-19H2,1-3H3,(H,29,32). The van der Waals surface area contributed by atoms with E-state index in [-0.39, 0.29) is 30.7 Å². The van der Waals surface area contributed by atoms with Gasteiger partial charge in [0.25, 0.3) is 0 Å². The maximum absolute atomic E-state index is 12.8. The largest absolute Gasteiger partial charge is 0.497 e. The van der Waals surface area contributed by atoms with Gasteiger partial charge in [0.1, 0.15) is 5.75 Å². The molecular weight excluding hydrogens is 458 g/mol. The van der Waals surface area contributed by atoms with Gasteiger partial charge in [0, 0.05) is 44.8 Å². The summed E-state index contributed by atoms with van der Waals surface area (Å²) in [5.41, 5.74) is 3.05. The summed E-state index contributed by atoms with van der Waals surface area (Å²) in [5.74, 6) is 2.02. The Morgan fingerprint density at radius 3 is 2.36 bits per heavy atom. The van der Waals surface area contributed by atoms with E-state index in [0.29, 0.717) is 18.0 Å². The summed E-state index contributed by atoms with van der Waals surface area (Å²) >= 11 is 0. The van der Waals surface area contributed by atoms with Gasteiger partial charge in [-0.05, 0) is 59.9 Å². The number of hydrogen-bond acceptors (Lipinski definition) is 6. The number of methoxy groups -OCH3 is 3. The Bertz CT molecular complexity index is 1090. The highest BCUT2D eigenvalue weighted by molar-refractivity contribution is 5.85. The van der Waals surface area contributed by atoms with Crippen LogP contribution in [0.2, 0.25) is 0 Å². The summed E-state index contributed by atoms with van der Waals surface area (Å²) in [4.78, 5) is 29.5. The molecule has 2 aliphatic rings. The zero-order chi connectivity index (χ0) is 25.5. The van der Waals surface area contributed by atoms with Gasteiger partial charge in [-0.2, -0.15) is 0 Å². The van der Waals surface area contributed by atoms with Crippen LogP contribution in [0.5, 0.6) is 17.2 Å². The van der Waals surface area contributed by atoms with Crippen LogP contribution in [-0.2, 0) is 22.6 Å². The molecule has 2 heterocycles. The van der Waals surface area contributed by atoms with E-state index in [1.54, 1.807) is 32.4 Å². The number of likely N-dealkylation sites (tertiary alicyclic amines) is 1. The van der Waals surface area contributed by atoms with E-state index in [0.717, 1.165) is 49.4 Å². The topological polar surface area (TPSA) is 80.3 Å². The molecule has 0 aromatic heterocycles. The molecule has 2 aromatic carbocycles. The van der Waals surface area contributed by atoms with Crippen molar-refractivity contribution in [2.45, 2.75) is 38.3 Å². The number of ether oxygens (including phenoxy) is 3. The molecule has 1 N–H and O–H groups in total. The molecule has 1 fully saturated rings. The van der Waals surface area contributed by atoms with Crippen molar-refractivity contribution in [1.29, 1.82) is 0 Å². The highest BCUT2D eigenvalue weighted by Crippen LogP contribution is 2.32. The van der Waals surface area contributed by atoms with E-state index in [1.807, 2.05) is 30.3 Å². The van der Waals surface area contributed by atoms with Crippen LogP contribution in [0.4, 0.5) is 0 Å². The van der Waals surface area contributed by atoms with E-state index in [2.05, 4.69) is 22.3 Å². The maximum Gasteiger partial charge on any atom is 0.230 e. The number of nitrogens with one attached hydrogen (secondary N) is 1. The number of hydrogen-bond donors (Lipinski definition) is 1. The molecule has 4 rings (SSSR count). The van der Waals surface area contributed by atoms with Crippen LogP contribution in [0.25, 0.3) is 6.08 Å². The lowest BCUT2D eigenvalue weighted by atomic mass is 10.0. The molecule has 1 saturated heterocycles. The summed E-state index contributed by atoms with van der Waals surface area (Å²) in [7, 11) is 4.84. The molecule has 0 bridgehead atoms. The third kappa shape index (κ3) is 6.37. The molecule has 36 heavy (non-hydrogen) atoms. The number of amides is 2. The quantitative estimate of drug-likeness (QED) is 0.578. The lowest BCUT2D eigenvalue weighted by molar-refractivity contribution is -0.128. The minimum absolute atomic E-state index is 0.0186. The van der Waals surface area contributed by atoms with Crippen molar-refractivity contribution < 1.29 is 23.8 Å². The van der Waals surface area contributed by atoms with E-state index >= 15 is 0 Å². The Hall–Kier alpha value is -3.52. The fraction of sp³-hybridized carbons (Fsp3) is 0.429. The van der Waals surface area contributed by atoms with Crippen molar-refractivity contribution in [2.24, 2.45) is 0 Å². The van der Waals surface area contributed by atoms with Crippen molar-refractivity contribution in [2.75, 3.05) is 41.0 Å². The molecule has 8 heteroatoms. The van der Waals surface area contributed by atoms with Crippen LogP contribution in [0.15, 0.2) is 42.6 Å². The lowest BCUT2D eigenvalue weighted by Gasteiger charge is -2.32. The molecule has 2 aliphatic heterocycles. The highest BCUT2D eigenvalue weighted by atomic mass is 16.5. The molecule has 0 radical (unpaired) electrons. The van der Waals surface area contributed by atoms with Gasteiger partial charge in [0.05, 0.1) is 27.8 Å². The first-order valence-electron chi connectivity index (χ1n) is 12.4. The first kappa shape index (κ1) is 25.6. The molecular formula is C28H35N3O5. The fourth-order valence-corrected chi connectivity index (χ4v) is 4.71. The summed E-state index contributed by atoms with van der Waals surface area (Å²) in [6.07, 6.45) is 6.00. The fourth-order valence-electron chi connectivity index (χ4n) is 4.71. The zero-order valence-electron chi connectivity index (χ0n) is 21.3. The number of carbonyl (C=O) groups is 2. The molecule has 192 valence electrons. The lowest BCUT2D eigenvalue weighted by Crippen LogP contribution is -2.45. The normalized spacial score (nSPS) is 16.3. The Balaban J connectivity index is 1.22. The molecule has 0 aliphatic carbocycles. The van der Waals surface area contributed by atoms with E-state index in [4.69, 9.17) is 14.2 Å². The van der Waals surface area contributed by atoms with Crippen LogP contribution in [0.1, 0.15) is 36.0 Å². The number of benzene rings is 2. The number of carbonyl (C=O) groups excluding carboxylic acids is 2. The second kappa shape index (κ2) is 11.9. The molecule has 0 spiro atoms. The zero-order valence-corrected chi connectivity index (χ0v) is 21.3. The van der Waals surface area contributed by atoms with Gasteiger partial charge in [-0.3, -0.25) is 14.5 Å². The molecule has 2 amide bonds. The smallest absolute Gasteiger partial charge is 0.230 e. The van der Waals surface area contributed by atoms with Gasteiger partial charge in [-0.25, -0.2) is 0 Å². The second-order valence-corrected chi connectivity index (χ2v) is 9.20. The first-order valence-corrected chi connectivity index (χ1v) is 12.4. The summed E-state index contributed by atoms with van der Waals surface area (Å²) in [6.45, 7) is 3.12. The summed E-state index contributed by atoms with van der Waals surface area (Å²) < 4.78 is 16.0. The number of rotatable bonds is 9. The van der Waals surface area contributed by atoms with E-state index in [9.17, 15) is 9.59 Å². The molecule has 0 atom stereocenters. The van der Waals surface area contributed by atoms with Crippen LogP contribution in [-0.4, -0.2) is 68.6 Å². The van der Waals surface area contributed by atoms with Gasteiger partial charge in [0.2, 0.25) is 11.8 Å². The molecule has 0 saturated carbocycles. The second-order valence-electron chi connectivity index (χ2n) is 9.20. The predicted molar refractivity (Wildman–Crippen MR) is 138 cm³/mol. The molecule has 8 nitrogen and oxygen atoms in total. The monoisotopic (exact) mass is 493 g/mol. The highest BCUT2D eigenvalue weighted by Gasteiger charge is 2.23. The van der Waals surface area contributed by atoms with Crippen LogP contribution >= 0.6 is 0 Å². The minimum atomic E-state index is -0.0446. The number of piperidine rings is 1. The van der Waals surface area contributed by atoms with Gasteiger partial charge >= 0.3 is 0 Å². The SMILES string of the molecule is COc1ccc(CN2CCC(NC(=O)CCN3C=Cc4cc(OC)c(OC)cc4CC3=O)CC2)cc1. The van der Waals surface area contributed by atoms with Crippen LogP contribution in [0, 0.1) is 0 Å². The van der Waals surface area contributed by atoms with Crippen molar-refractivity contribution in [3.05, 3.63) is 59.3 Å². The Morgan fingerprint density at radius 2 is 1.69 bits per heavy atom. The van der Waals surface area contributed by atoms with Crippen molar-refractivity contribution in [3.63, 3.8) is 0 Å². The average Bonchev–Trinajstić information content (AvgIpc) is 3.05. The number of nitrogens with zero attached hydrogens (tertiary/aromatic N) is 2. The summed E-state index contributed by atoms with van der Waals surface area (Å²) in [6, 6.07) is 12.0. The van der Waals surface area contributed by atoms with E-state index in [1.165, 1.54) is 5.56 Å². The van der Waals surface area contributed by atoms with Crippen molar-refractivity contribution in [1.82, 2.24) is 15.1 Å². The molecule has 2 aromatic rings. The Labute approximate surface area is 212 Å². The molecule has 0 unspecified atom stereocenters. The van der Waals surface area contributed by atoms with Gasteiger partial charge < -0.3 is 24.4 Å². The van der Waals surface area contributed by atoms with Crippen LogP contribution < -0.4 is 19.5 Å². The third-order valence-electron chi connectivity index (χ3n) is 6.84. The Kier molecular flexibility index (Phi) is 8.48. The predicted octanol–water partition coefficient (Wildman–Crippen LogP) is 3.24. The van der Waals surface area contributed by atoms with Crippen LogP contribution in [0.3, 0.4) is 0 Å². The average molecular weight is 494 g/mol. The van der Waals surface area contributed by atoms with Gasteiger partial charge in [0.15, 0.2) is 11.5 Å². The third-order valence-corrected chi connectivity index (χ3v) is 6.84. The van der Waals surface area contributed by atoms with Crippen molar-refractivity contribution in [3.8, 4) is 17.2 Å².